The molecule has 0 aromatic heterocycles. The molecule has 0 radical (unpaired) electrons. The van der Waals surface area contributed by atoms with Crippen molar-refractivity contribution in [3.05, 3.63) is 102 Å². The largest absolute Gasteiger partial charge is 0.417 e. The van der Waals surface area contributed by atoms with Gasteiger partial charge in [0.25, 0.3) is 10.1 Å². The third-order valence-electron chi connectivity index (χ3n) is 3.89. The van der Waals surface area contributed by atoms with Gasteiger partial charge in [-0.3, -0.25) is 9.35 Å². The van der Waals surface area contributed by atoms with Gasteiger partial charge in [-0.05, 0) is 17.7 Å². The highest BCUT2D eigenvalue weighted by Crippen LogP contribution is 2.33. The van der Waals surface area contributed by atoms with Crippen molar-refractivity contribution in [1.29, 1.82) is 0 Å². The molecule has 3 aromatic rings. The summed E-state index contributed by atoms with van der Waals surface area (Å²) in [4.78, 5) is 10.8. The maximum absolute atomic E-state index is 12.2. The van der Waals surface area contributed by atoms with Crippen LogP contribution in [0.25, 0.3) is 0 Å². The van der Waals surface area contributed by atoms with Crippen molar-refractivity contribution in [3.8, 4) is 0 Å². The zero-order chi connectivity index (χ0) is 22.4. The van der Waals surface area contributed by atoms with Crippen molar-refractivity contribution in [2.75, 3.05) is 0 Å². The van der Waals surface area contributed by atoms with Gasteiger partial charge in [0.05, 0.1) is 5.56 Å². The number of carbonyl (C=O) groups is 1. The number of aliphatic hydroxyl groups excluding tert-OH is 1. The second-order valence-electron chi connectivity index (χ2n) is 6.01. The minimum absolute atomic E-state index is 0.271. The van der Waals surface area contributed by atoms with E-state index in [4.69, 9.17) is 4.55 Å². The molecular formula is C21H17F3O5S. The Morgan fingerprint density at radius 1 is 0.800 bits per heavy atom. The standard InChI is InChI=1S/C14H12O2.C7H5F3O3S/c15-13(11-7-3-1-4-8-11)14(16)12-9-5-2-6-10-12;8-7(9,10)5-3-1-2-4-6(5)14(11,12)13/h1-10,13,15H;1-4H,(H,11,12,13). The first-order valence-electron chi connectivity index (χ1n) is 8.48. The second kappa shape index (κ2) is 9.66. The molecule has 0 bridgehead atoms. The van der Waals surface area contributed by atoms with E-state index in [1.165, 1.54) is 0 Å². The molecule has 0 saturated carbocycles. The number of aliphatic hydroxyl groups is 1. The third kappa shape index (κ3) is 6.24. The number of hydrogen-bond donors (Lipinski definition) is 2. The first-order valence-corrected chi connectivity index (χ1v) is 9.92. The lowest BCUT2D eigenvalue weighted by molar-refractivity contribution is -0.140. The summed E-state index contributed by atoms with van der Waals surface area (Å²) in [6.07, 6.45) is -5.88. The molecule has 0 fully saturated rings. The summed E-state index contributed by atoms with van der Waals surface area (Å²) in [5.74, 6) is -0.271. The average molecular weight is 438 g/mol. The first-order chi connectivity index (χ1) is 14.0. The Morgan fingerprint density at radius 3 is 1.73 bits per heavy atom. The molecule has 158 valence electrons. The molecule has 30 heavy (non-hydrogen) atoms. The van der Waals surface area contributed by atoms with Crippen molar-refractivity contribution >= 4 is 15.9 Å². The van der Waals surface area contributed by atoms with Gasteiger partial charge in [0, 0.05) is 5.56 Å². The van der Waals surface area contributed by atoms with Crippen LogP contribution in [0.3, 0.4) is 0 Å². The zero-order valence-corrected chi connectivity index (χ0v) is 16.1. The summed E-state index contributed by atoms with van der Waals surface area (Å²) < 4.78 is 66.2. The number of carbonyl (C=O) groups excluding carboxylic acids is 1. The van der Waals surface area contributed by atoms with Gasteiger partial charge in [-0.15, -0.1) is 0 Å². The lowest BCUT2D eigenvalue weighted by atomic mass is 10.0. The van der Waals surface area contributed by atoms with Gasteiger partial charge >= 0.3 is 6.18 Å². The molecule has 0 aliphatic carbocycles. The van der Waals surface area contributed by atoms with Crippen LogP contribution in [0.5, 0.6) is 0 Å². The third-order valence-corrected chi connectivity index (χ3v) is 4.80. The van der Waals surface area contributed by atoms with Crippen LogP contribution in [0.15, 0.2) is 89.8 Å². The van der Waals surface area contributed by atoms with E-state index in [0.717, 1.165) is 12.1 Å². The fraction of sp³-hybridized carbons (Fsp3) is 0.0952. The Morgan fingerprint density at radius 2 is 1.27 bits per heavy atom. The molecule has 9 heteroatoms. The highest BCUT2D eigenvalue weighted by molar-refractivity contribution is 7.85. The van der Waals surface area contributed by atoms with Crippen molar-refractivity contribution in [2.24, 2.45) is 0 Å². The molecule has 3 aromatic carbocycles. The topological polar surface area (TPSA) is 91.7 Å². The molecule has 2 N–H and O–H groups in total. The highest BCUT2D eigenvalue weighted by Gasteiger charge is 2.36. The van der Waals surface area contributed by atoms with E-state index in [-0.39, 0.29) is 5.78 Å². The fourth-order valence-corrected chi connectivity index (χ4v) is 3.18. The SMILES string of the molecule is O=C(c1ccccc1)C(O)c1ccccc1.O=S(=O)(O)c1ccccc1C(F)(F)F. The lowest BCUT2D eigenvalue weighted by Gasteiger charge is -2.09. The molecule has 1 atom stereocenters. The Labute approximate surface area is 171 Å². The molecule has 0 amide bonds. The quantitative estimate of drug-likeness (QED) is 0.461. The van der Waals surface area contributed by atoms with Crippen molar-refractivity contribution in [2.45, 2.75) is 17.2 Å². The summed E-state index contributed by atoms with van der Waals surface area (Å²) in [7, 11) is -4.84. The molecule has 3 rings (SSSR count). The van der Waals surface area contributed by atoms with E-state index in [1.807, 2.05) is 12.1 Å². The average Bonchev–Trinajstić information content (AvgIpc) is 2.73. The minimum Gasteiger partial charge on any atom is -0.380 e. The van der Waals surface area contributed by atoms with Crippen LogP contribution in [-0.4, -0.2) is 23.9 Å². The van der Waals surface area contributed by atoms with Gasteiger partial charge in [0.15, 0.2) is 5.78 Å². The molecule has 0 saturated heterocycles. The highest BCUT2D eigenvalue weighted by atomic mass is 32.2. The van der Waals surface area contributed by atoms with E-state index >= 15 is 0 Å². The van der Waals surface area contributed by atoms with Crippen LogP contribution in [0.2, 0.25) is 0 Å². The molecule has 1 unspecified atom stereocenters. The summed E-state index contributed by atoms with van der Waals surface area (Å²) >= 11 is 0. The predicted octanol–water partition coefficient (Wildman–Crippen LogP) is 4.56. The number of halogens is 3. The molecule has 0 heterocycles. The monoisotopic (exact) mass is 438 g/mol. The molecule has 0 spiro atoms. The van der Waals surface area contributed by atoms with Crippen LogP contribution < -0.4 is 0 Å². The number of rotatable bonds is 4. The normalized spacial score (nSPS) is 12.4. The van der Waals surface area contributed by atoms with Crippen LogP contribution in [0.1, 0.15) is 27.6 Å². The zero-order valence-electron chi connectivity index (χ0n) is 15.3. The second-order valence-corrected chi connectivity index (χ2v) is 7.40. The molecule has 5 nitrogen and oxygen atoms in total. The van der Waals surface area contributed by atoms with E-state index in [2.05, 4.69) is 0 Å². The van der Waals surface area contributed by atoms with Gasteiger partial charge in [-0.2, -0.15) is 21.6 Å². The maximum Gasteiger partial charge on any atom is 0.417 e. The minimum atomic E-state index is -4.84. The summed E-state index contributed by atoms with van der Waals surface area (Å²) in [6.45, 7) is 0. The van der Waals surface area contributed by atoms with E-state index in [9.17, 15) is 31.5 Å². The van der Waals surface area contributed by atoms with E-state index in [1.54, 1.807) is 48.5 Å². The number of alkyl halides is 3. The smallest absolute Gasteiger partial charge is 0.380 e. The number of benzene rings is 3. The Kier molecular flexibility index (Phi) is 7.49. The predicted molar refractivity (Wildman–Crippen MR) is 103 cm³/mol. The van der Waals surface area contributed by atoms with Crippen LogP contribution in [0, 0.1) is 0 Å². The van der Waals surface area contributed by atoms with Crippen molar-refractivity contribution < 1.29 is 36.0 Å². The van der Waals surface area contributed by atoms with Gasteiger partial charge in [-0.25, -0.2) is 0 Å². The maximum atomic E-state index is 12.2. The molecule has 0 aliphatic rings. The Bertz CT molecular complexity index is 1080. The van der Waals surface area contributed by atoms with Crippen LogP contribution in [-0.2, 0) is 16.3 Å². The van der Waals surface area contributed by atoms with Crippen LogP contribution >= 0.6 is 0 Å². The molecular weight excluding hydrogens is 421 g/mol. The fourth-order valence-electron chi connectivity index (χ4n) is 2.47. The summed E-state index contributed by atoms with van der Waals surface area (Å²) in [6, 6.07) is 21.2. The van der Waals surface area contributed by atoms with Crippen LogP contribution in [0.4, 0.5) is 13.2 Å². The number of ketones is 1. The Hall–Kier alpha value is -3.01. The molecule has 0 aliphatic heterocycles. The number of Topliss-reactive ketones (excluding diaryl/α,β-unsaturated/α-hetero) is 1. The van der Waals surface area contributed by atoms with Crippen molar-refractivity contribution in [3.63, 3.8) is 0 Å². The van der Waals surface area contributed by atoms with Crippen molar-refractivity contribution in [1.82, 2.24) is 0 Å². The summed E-state index contributed by atoms with van der Waals surface area (Å²) in [5.41, 5.74) is -0.224. The van der Waals surface area contributed by atoms with E-state index < -0.39 is 32.9 Å². The summed E-state index contributed by atoms with van der Waals surface area (Å²) in [5, 5.41) is 9.89. The van der Waals surface area contributed by atoms with Gasteiger partial charge in [0.2, 0.25) is 0 Å². The lowest BCUT2D eigenvalue weighted by Crippen LogP contribution is -2.12. The van der Waals surface area contributed by atoms with Gasteiger partial charge in [-0.1, -0.05) is 72.8 Å². The Balaban J connectivity index is 0.000000216. The van der Waals surface area contributed by atoms with Gasteiger partial charge in [0.1, 0.15) is 11.0 Å². The first kappa shape index (κ1) is 23.3. The number of hydrogen-bond acceptors (Lipinski definition) is 4. The van der Waals surface area contributed by atoms with Gasteiger partial charge < -0.3 is 5.11 Å². The van der Waals surface area contributed by atoms with E-state index in [0.29, 0.717) is 23.3 Å².